The van der Waals surface area contributed by atoms with E-state index in [-0.39, 0.29) is 17.5 Å². The topological polar surface area (TPSA) is 81.3 Å². The molecule has 0 fully saturated rings. The molecule has 2 aromatic rings. The Morgan fingerprint density at radius 2 is 2.20 bits per heavy atom. The molecule has 1 aromatic heterocycles. The maximum absolute atomic E-state index is 13.6. The molecule has 0 spiro atoms. The average Bonchev–Trinajstić information content (AvgIpc) is 2.60. The molecular weight excluding hydrogens is 323 g/mol. The van der Waals surface area contributed by atoms with Crippen LogP contribution >= 0.6 is 0 Å². The van der Waals surface area contributed by atoms with E-state index in [4.69, 9.17) is 10.5 Å². The van der Waals surface area contributed by atoms with Crippen molar-refractivity contribution in [3.05, 3.63) is 48.6 Å². The molecule has 6 nitrogen and oxygen atoms in total. The standard InChI is InChI=1S/C18H21FN4O2/c1-4-15(24)23(3)8-5-9-25-17-16(21-11-22-18(17)20)14-10-13(19)7-6-12(14)2/h4,6-7,10-11H,1,5,8-9H2,2-3H3,(H2,20,21,22). The molecule has 1 aromatic carbocycles. The molecule has 0 bridgehead atoms. The number of halogens is 1. The van der Waals surface area contributed by atoms with Gasteiger partial charge in [0.15, 0.2) is 11.6 Å². The van der Waals surface area contributed by atoms with Crippen LogP contribution in [0.25, 0.3) is 11.3 Å². The number of nitrogen functional groups attached to an aromatic ring is 1. The van der Waals surface area contributed by atoms with Gasteiger partial charge in [-0.3, -0.25) is 4.79 Å². The van der Waals surface area contributed by atoms with Crippen molar-refractivity contribution in [1.82, 2.24) is 14.9 Å². The Hall–Kier alpha value is -2.96. The van der Waals surface area contributed by atoms with E-state index < -0.39 is 0 Å². The van der Waals surface area contributed by atoms with E-state index in [9.17, 15) is 9.18 Å². The monoisotopic (exact) mass is 344 g/mol. The molecule has 25 heavy (non-hydrogen) atoms. The zero-order valence-corrected chi connectivity index (χ0v) is 14.3. The first-order valence-electron chi connectivity index (χ1n) is 7.81. The molecule has 0 saturated carbocycles. The van der Waals surface area contributed by atoms with E-state index in [0.29, 0.717) is 36.6 Å². The summed E-state index contributed by atoms with van der Waals surface area (Å²) in [6, 6.07) is 4.44. The fraction of sp³-hybridized carbons (Fsp3) is 0.278. The summed E-state index contributed by atoms with van der Waals surface area (Å²) in [5, 5.41) is 0. The lowest BCUT2D eigenvalue weighted by atomic mass is 10.0. The number of hydrogen-bond acceptors (Lipinski definition) is 5. The molecule has 1 heterocycles. The fourth-order valence-electron chi connectivity index (χ4n) is 2.31. The van der Waals surface area contributed by atoms with Crippen LogP contribution in [0, 0.1) is 12.7 Å². The molecule has 0 atom stereocenters. The largest absolute Gasteiger partial charge is 0.488 e. The lowest BCUT2D eigenvalue weighted by Gasteiger charge is -2.16. The average molecular weight is 344 g/mol. The minimum atomic E-state index is -0.367. The number of nitrogens with zero attached hydrogens (tertiary/aromatic N) is 3. The number of rotatable bonds is 7. The number of benzene rings is 1. The Morgan fingerprint density at radius 3 is 2.92 bits per heavy atom. The van der Waals surface area contributed by atoms with Crippen molar-refractivity contribution in [1.29, 1.82) is 0 Å². The molecule has 7 heteroatoms. The van der Waals surface area contributed by atoms with Crippen LogP contribution in [0.2, 0.25) is 0 Å². The van der Waals surface area contributed by atoms with Gasteiger partial charge in [0.25, 0.3) is 0 Å². The number of amides is 1. The molecule has 0 aliphatic rings. The summed E-state index contributed by atoms with van der Waals surface area (Å²) in [6.07, 6.45) is 3.17. The van der Waals surface area contributed by atoms with Gasteiger partial charge in [0.1, 0.15) is 17.8 Å². The number of aromatic nitrogens is 2. The number of carbonyl (C=O) groups excluding carboxylic acids is 1. The van der Waals surface area contributed by atoms with Crippen LogP contribution in [-0.2, 0) is 4.79 Å². The highest BCUT2D eigenvalue weighted by Gasteiger charge is 2.15. The van der Waals surface area contributed by atoms with Gasteiger partial charge in [-0.25, -0.2) is 14.4 Å². The highest BCUT2D eigenvalue weighted by molar-refractivity contribution is 5.86. The summed E-state index contributed by atoms with van der Waals surface area (Å²) in [5.41, 5.74) is 7.80. The first kappa shape index (κ1) is 18.4. The van der Waals surface area contributed by atoms with Gasteiger partial charge in [-0.15, -0.1) is 0 Å². The number of anilines is 1. The first-order chi connectivity index (χ1) is 11.9. The van der Waals surface area contributed by atoms with Crippen molar-refractivity contribution in [2.45, 2.75) is 13.3 Å². The second-order valence-corrected chi connectivity index (χ2v) is 5.56. The van der Waals surface area contributed by atoms with Crippen molar-refractivity contribution >= 4 is 11.7 Å². The van der Waals surface area contributed by atoms with Crippen molar-refractivity contribution in [2.24, 2.45) is 0 Å². The smallest absolute Gasteiger partial charge is 0.245 e. The molecule has 1 amide bonds. The summed E-state index contributed by atoms with van der Waals surface area (Å²) >= 11 is 0. The Morgan fingerprint density at radius 1 is 1.44 bits per heavy atom. The predicted molar refractivity (Wildman–Crippen MR) is 94.5 cm³/mol. The fourth-order valence-corrected chi connectivity index (χ4v) is 2.31. The van der Waals surface area contributed by atoms with E-state index in [0.717, 1.165) is 5.56 Å². The lowest BCUT2D eigenvalue weighted by molar-refractivity contribution is -0.124. The van der Waals surface area contributed by atoms with E-state index in [2.05, 4.69) is 16.5 Å². The number of hydrogen-bond donors (Lipinski definition) is 1. The summed E-state index contributed by atoms with van der Waals surface area (Å²) < 4.78 is 19.4. The molecule has 0 radical (unpaired) electrons. The summed E-state index contributed by atoms with van der Waals surface area (Å²) in [6.45, 7) is 6.12. The minimum absolute atomic E-state index is 0.154. The second-order valence-electron chi connectivity index (χ2n) is 5.56. The quantitative estimate of drug-likeness (QED) is 0.617. The number of aryl methyl sites for hydroxylation is 1. The Balaban J connectivity index is 2.15. The summed E-state index contributed by atoms with van der Waals surface area (Å²) in [5.74, 6) is -0.0231. The van der Waals surface area contributed by atoms with E-state index in [1.54, 1.807) is 18.0 Å². The molecule has 2 N–H and O–H groups in total. The van der Waals surface area contributed by atoms with E-state index in [1.807, 2.05) is 6.92 Å². The minimum Gasteiger partial charge on any atom is -0.488 e. The maximum atomic E-state index is 13.6. The van der Waals surface area contributed by atoms with Gasteiger partial charge in [-0.2, -0.15) is 0 Å². The number of likely N-dealkylation sites (N-methyl/N-ethyl adjacent to an activating group) is 1. The third kappa shape index (κ3) is 4.53. The first-order valence-corrected chi connectivity index (χ1v) is 7.81. The third-order valence-corrected chi connectivity index (χ3v) is 3.72. The van der Waals surface area contributed by atoms with Crippen molar-refractivity contribution in [3.8, 4) is 17.0 Å². The van der Waals surface area contributed by atoms with Crippen LogP contribution in [-0.4, -0.2) is 41.0 Å². The zero-order chi connectivity index (χ0) is 18.4. The van der Waals surface area contributed by atoms with Crippen LogP contribution < -0.4 is 10.5 Å². The van der Waals surface area contributed by atoms with Gasteiger partial charge in [-0.1, -0.05) is 12.6 Å². The molecule has 0 unspecified atom stereocenters. The number of nitrogens with two attached hydrogens (primary N) is 1. The van der Waals surface area contributed by atoms with Crippen molar-refractivity contribution in [2.75, 3.05) is 25.9 Å². The highest BCUT2D eigenvalue weighted by Crippen LogP contribution is 2.33. The van der Waals surface area contributed by atoms with Crippen molar-refractivity contribution in [3.63, 3.8) is 0 Å². The van der Waals surface area contributed by atoms with E-state index >= 15 is 0 Å². The predicted octanol–water partition coefficient (Wildman–Crippen LogP) is 2.59. The van der Waals surface area contributed by atoms with Gasteiger partial charge >= 0.3 is 0 Å². The highest BCUT2D eigenvalue weighted by atomic mass is 19.1. The summed E-state index contributed by atoms with van der Waals surface area (Å²) in [4.78, 5) is 21.1. The Bertz CT molecular complexity index is 780. The third-order valence-electron chi connectivity index (χ3n) is 3.72. The van der Waals surface area contributed by atoms with Gasteiger partial charge < -0.3 is 15.4 Å². The van der Waals surface area contributed by atoms with Gasteiger partial charge in [0, 0.05) is 19.2 Å². The van der Waals surface area contributed by atoms with Crippen LogP contribution in [0.5, 0.6) is 5.75 Å². The van der Waals surface area contributed by atoms with Crippen LogP contribution in [0.15, 0.2) is 37.2 Å². The zero-order valence-electron chi connectivity index (χ0n) is 14.3. The lowest BCUT2D eigenvalue weighted by Crippen LogP contribution is -2.26. The summed E-state index contributed by atoms with van der Waals surface area (Å²) in [7, 11) is 1.69. The molecule has 132 valence electrons. The number of carbonyl (C=O) groups is 1. The van der Waals surface area contributed by atoms with Gasteiger partial charge in [-0.05, 0) is 37.1 Å². The van der Waals surface area contributed by atoms with Gasteiger partial charge in [0.2, 0.25) is 5.91 Å². The number of ether oxygens (including phenoxy) is 1. The molecule has 0 aliphatic heterocycles. The maximum Gasteiger partial charge on any atom is 0.245 e. The van der Waals surface area contributed by atoms with Gasteiger partial charge in [0.05, 0.1) is 6.61 Å². The molecular formula is C18H21FN4O2. The van der Waals surface area contributed by atoms with Crippen LogP contribution in [0.4, 0.5) is 10.2 Å². The van der Waals surface area contributed by atoms with Crippen LogP contribution in [0.3, 0.4) is 0 Å². The normalized spacial score (nSPS) is 10.4. The molecule has 0 saturated heterocycles. The SMILES string of the molecule is C=CC(=O)N(C)CCCOc1c(N)ncnc1-c1cc(F)ccc1C. The van der Waals surface area contributed by atoms with E-state index in [1.165, 1.54) is 24.5 Å². The second kappa shape index (κ2) is 8.23. The van der Waals surface area contributed by atoms with Crippen molar-refractivity contribution < 1.29 is 13.9 Å². The Kier molecular flexibility index (Phi) is 6.05. The van der Waals surface area contributed by atoms with Crippen LogP contribution in [0.1, 0.15) is 12.0 Å². The molecule has 2 rings (SSSR count). The molecule has 0 aliphatic carbocycles. The Labute approximate surface area is 146 Å².